The van der Waals surface area contributed by atoms with Crippen molar-refractivity contribution in [2.45, 2.75) is 95.7 Å². The van der Waals surface area contributed by atoms with E-state index in [4.69, 9.17) is 0 Å². The van der Waals surface area contributed by atoms with Gasteiger partial charge in [-0.15, -0.1) is 0 Å². The molecule has 3 unspecified atom stereocenters. The molecule has 0 aliphatic carbocycles. The molecule has 10 heteroatoms. The van der Waals surface area contributed by atoms with Crippen molar-refractivity contribution >= 4 is 11.8 Å². The second kappa shape index (κ2) is 16.1. The van der Waals surface area contributed by atoms with Crippen LogP contribution >= 0.6 is 0 Å². The van der Waals surface area contributed by atoms with Gasteiger partial charge in [0.25, 0.3) is 11.8 Å². The van der Waals surface area contributed by atoms with E-state index in [0.717, 1.165) is 93.8 Å². The van der Waals surface area contributed by atoms with Crippen molar-refractivity contribution in [1.82, 2.24) is 19.6 Å². The Balaban J connectivity index is 1.12. The minimum atomic E-state index is -4.71. The molecule has 0 bridgehead atoms. The van der Waals surface area contributed by atoms with Crippen molar-refractivity contribution in [2.75, 3.05) is 45.8 Å². The van der Waals surface area contributed by atoms with Crippen LogP contribution in [0.25, 0.3) is 0 Å². The van der Waals surface area contributed by atoms with Crippen LogP contribution in [0, 0.1) is 6.92 Å². The zero-order chi connectivity index (χ0) is 37.0. The van der Waals surface area contributed by atoms with Crippen LogP contribution in [0.1, 0.15) is 95.3 Å². The molecule has 0 spiro atoms. The predicted octanol–water partition coefficient (Wildman–Crippen LogP) is 8.14. The van der Waals surface area contributed by atoms with E-state index in [1.54, 1.807) is 11.8 Å². The maximum Gasteiger partial charge on any atom is 0.416 e. The molecular formula is C42H52F4N4O2. The summed E-state index contributed by atoms with van der Waals surface area (Å²) in [6.07, 6.45) is 0.297. The lowest BCUT2D eigenvalue weighted by Gasteiger charge is -2.47. The van der Waals surface area contributed by atoms with E-state index in [1.165, 1.54) is 13.0 Å². The quantitative estimate of drug-likeness (QED) is 0.221. The molecule has 0 saturated carbocycles. The number of carbonyl (C=O) groups excluding carboxylic acids is 2. The standard InChI is InChI=1S/C42H52F4N4O2/c1-4-41(3,43)34-26-33(27-35(28-34)42(44,45)46)40(52)50-19-16-37(29-38(50)25-31-11-6-5-7-12-31)48-22-20-47(21-23-48)36-14-9-17-49(18-15-36)39(51)32-13-8-10-30(2)24-32/h5-8,10-13,24,26-28,36-38H,4,9,14-23,25,29H2,1-3H3/t36?,37?,38?,41-/m1/s1. The first kappa shape index (κ1) is 38.0. The third-order valence-corrected chi connectivity index (χ3v) is 11.7. The van der Waals surface area contributed by atoms with Gasteiger partial charge in [-0.1, -0.05) is 55.0 Å². The van der Waals surface area contributed by atoms with E-state index in [1.807, 2.05) is 66.4 Å². The van der Waals surface area contributed by atoms with Crippen molar-refractivity contribution in [3.8, 4) is 0 Å². The van der Waals surface area contributed by atoms with Gasteiger partial charge >= 0.3 is 6.18 Å². The van der Waals surface area contributed by atoms with Crippen molar-refractivity contribution in [2.24, 2.45) is 0 Å². The first-order chi connectivity index (χ1) is 24.8. The number of piperidine rings is 1. The third kappa shape index (κ3) is 8.88. The lowest BCUT2D eigenvalue weighted by atomic mass is 9.88. The van der Waals surface area contributed by atoms with E-state index in [9.17, 15) is 22.8 Å². The highest BCUT2D eigenvalue weighted by molar-refractivity contribution is 5.95. The molecule has 280 valence electrons. The number of nitrogens with zero attached hydrogens (tertiary/aromatic N) is 4. The Morgan fingerprint density at radius 1 is 0.712 bits per heavy atom. The maximum absolute atomic E-state index is 15.4. The van der Waals surface area contributed by atoms with E-state index < -0.39 is 23.3 Å². The molecule has 3 aromatic rings. The summed E-state index contributed by atoms with van der Waals surface area (Å²) >= 11 is 0. The van der Waals surface area contributed by atoms with Crippen LogP contribution in [0.3, 0.4) is 0 Å². The molecule has 52 heavy (non-hydrogen) atoms. The second-order valence-electron chi connectivity index (χ2n) is 15.2. The van der Waals surface area contributed by atoms with E-state index in [0.29, 0.717) is 25.4 Å². The van der Waals surface area contributed by atoms with Gasteiger partial charge in [-0.05, 0) is 100 Å². The first-order valence-corrected chi connectivity index (χ1v) is 18.9. The topological polar surface area (TPSA) is 47.1 Å². The minimum Gasteiger partial charge on any atom is -0.339 e. The van der Waals surface area contributed by atoms with Crippen LogP contribution in [0.15, 0.2) is 72.8 Å². The summed E-state index contributed by atoms with van der Waals surface area (Å²) < 4.78 is 57.4. The number of piperazine rings is 1. The smallest absolute Gasteiger partial charge is 0.339 e. The van der Waals surface area contributed by atoms with Gasteiger partial charge in [0.05, 0.1) is 5.56 Å². The zero-order valence-corrected chi connectivity index (χ0v) is 30.7. The van der Waals surface area contributed by atoms with Gasteiger partial charge in [0.1, 0.15) is 5.67 Å². The number of hydrogen-bond acceptors (Lipinski definition) is 4. The molecule has 3 aliphatic heterocycles. The van der Waals surface area contributed by atoms with Crippen LogP contribution in [-0.2, 0) is 18.3 Å². The highest BCUT2D eigenvalue weighted by atomic mass is 19.4. The van der Waals surface area contributed by atoms with Gasteiger partial charge in [0.15, 0.2) is 0 Å². The van der Waals surface area contributed by atoms with Gasteiger partial charge in [-0.2, -0.15) is 13.2 Å². The fourth-order valence-corrected chi connectivity index (χ4v) is 8.37. The molecule has 3 heterocycles. The molecule has 0 N–H and O–H groups in total. The molecule has 6 rings (SSSR count). The number of halogens is 4. The van der Waals surface area contributed by atoms with Crippen LogP contribution < -0.4 is 0 Å². The average molecular weight is 721 g/mol. The van der Waals surface area contributed by atoms with Crippen molar-refractivity contribution < 1.29 is 27.2 Å². The Morgan fingerprint density at radius 3 is 2.06 bits per heavy atom. The summed E-state index contributed by atoms with van der Waals surface area (Å²) in [5.41, 5.74) is -0.339. The number of rotatable bonds is 8. The van der Waals surface area contributed by atoms with E-state index >= 15 is 4.39 Å². The van der Waals surface area contributed by atoms with Gasteiger partial charge in [-0.3, -0.25) is 19.4 Å². The lowest BCUT2D eigenvalue weighted by molar-refractivity contribution is -0.137. The Morgan fingerprint density at radius 2 is 1.38 bits per heavy atom. The molecule has 4 atom stereocenters. The third-order valence-electron chi connectivity index (χ3n) is 11.7. The number of hydrogen-bond donors (Lipinski definition) is 0. The fraction of sp³-hybridized carbons (Fsp3) is 0.524. The average Bonchev–Trinajstić information content (AvgIpc) is 3.41. The van der Waals surface area contributed by atoms with Crippen LogP contribution in [0.5, 0.6) is 0 Å². The maximum atomic E-state index is 15.4. The number of amides is 2. The van der Waals surface area contributed by atoms with Crippen LogP contribution in [0.2, 0.25) is 0 Å². The molecular weight excluding hydrogens is 668 g/mol. The van der Waals surface area contributed by atoms with Gasteiger partial charge in [0, 0.05) is 75.1 Å². The summed E-state index contributed by atoms with van der Waals surface area (Å²) in [7, 11) is 0. The Kier molecular flexibility index (Phi) is 11.7. The van der Waals surface area contributed by atoms with Crippen molar-refractivity contribution in [3.05, 3.63) is 106 Å². The fourth-order valence-electron chi connectivity index (χ4n) is 8.37. The van der Waals surface area contributed by atoms with Crippen molar-refractivity contribution in [1.29, 1.82) is 0 Å². The number of likely N-dealkylation sites (tertiary alicyclic amines) is 2. The van der Waals surface area contributed by atoms with E-state index in [2.05, 4.69) is 9.80 Å². The summed E-state index contributed by atoms with van der Waals surface area (Å²) in [5.74, 6) is -0.369. The second-order valence-corrected chi connectivity index (χ2v) is 15.2. The number of aryl methyl sites for hydroxylation is 1. The molecule has 3 aliphatic rings. The Labute approximate surface area is 305 Å². The molecule has 0 aromatic heterocycles. The lowest BCUT2D eigenvalue weighted by Crippen LogP contribution is -2.58. The molecule has 2 amide bonds. The summed E-state index contributed by atoms with van der Waals surface area (Å²) in [4.78, 5) is 36.2. The molecule has 3 fully saturated rings. The zero-order valence-electron chi connectivity index (χ0n) is 30.7. The largest absolute Gasteiger partial charge is 0.416 e. The van der Waals surface area contributed by atoms with Crippen LogP contribution in [0.4, 0.5) is 17.6 Å². The summed E-state index contributed by atoms with van der Waals surface area (Å²) in [6.45, 7) is 10.5. The summed E-state index contributed by atoms with van der Waals surface area (Å²) in [6, 6.07) is 21.2. The Hall–Kier alpha value is -3.76. The number of benzene rings is 3. The molecule has 3 aromatic carbocycles. The van der Waals surface area contributed by atoms with E-state index in [-0.39, 0.29) is 35.5 Å². The minimum absolute atomic E-state index is 0.00982. The molecule has 3 saturated heterocycles. The van der Waals surface area contributed by atoms with Gasteiger partial charge < -0.3 is 9.80 Å². The van der Waals surface area contributed by atoms with Gasteiger partial charge in [0.2, 0.25) is 0 Å². The highest BCUT2D eigenvalue weighted by Crippen LogP contribution is 2.37. The highest BCUT2D eigenvalue weighted by Gasteiger charge is 2.39. The van der Waals surface area contributed by atoms with Crippen molar-refractivity contribution in [3.63, 3.8) is 0 Å². The number of alkyl halides is 4. The monoisotopic (exact) mass is 720 g/mol. The first-order valence-electron chi connectivity index (χ1n) is 18.9. The number of carbonyl (C=O) groups is 2. The normalized spacial score (nSPS) is 23.6. The Bertz CT molecular complexity index is 1690. The predicted molar refractivity (Wildman–Crippen MR) is 196 cm³/mol. The SMILES string of the molecule is CC[C@@](C)(F)c1cc(C(=O)N2CCC(N3CCN(C4CCCN(C(=O)c5cccc(C)c5)CC4)CC3)CC2Cc2ccccc2)cc(C(F)(F)F)c1. The summed E-state index contributed by atoms with van der Waals surface area (Å²) in [5, 5.41) is 0. The van der Waals surface area contributed by atoms with Crippen LogP contribution in [-0.4, -0.2) is 95.4 Å². The molecule has 0 radical (unpaired) electrons. The van der Waals surface area contributed by atoms with Gasteiger partial charge in [-0.25, -0.2) is 4.39 Å². The molecule has 6 nitrogen and oxygen atoms in total.